The van der Waals surface area contributed by atoms with Gasteiger partial charge in [-0.3, -0.25) is 0 Å². The standard InChI is InChI=1S/C24H22O3/c1-15(6-4-7-18-8-5-9-19-10-11-26-23(18)19)21-14-20-12-16(2)17(3)13-22(20)27-24(21)25/h5-6,8-14H,4,7H2,1-3H3/b15-6+. The summed E-state index contributed by atoms with van der Waals surface area (Å²) in [7, 11) is 0. The van der Waals surface area contributed by atoms with Gasteiger partial charge in [-0.1, -0.05) is 24.3 Å². The van der Waals surface area contributed by atoms with Gasteiger partial charge in [0.25, 0.3) is 0 Å². The third kappa shape index (κ3) is 3.33. The molecule has 0 atom stereocenters. The number of aryl methyl sites for hydroxylation is 3. The Labute approximate surface area is 157 Å². The Hall–Kier alpha value is -3.07. The SMILES string of the molecule is C/C(=C\CCc1cccc2ccoc12)c1cc2cc(C)c(C)cc2oc1=O. The van der Waals surface area contributed by atoms with Crippen LogP contribution in [0.4, 0.5) is 0 Å². The van der Waals surface area contributed by atoms with Gasteiger partial charge < -0.3 is 8.83 Å². The van der Waals surface area contributed by atoms with Crippen molar-refractivity contribution in [3.05, 3.63) is 87.5 Å². The molecule has 0 unspecified atom stereocenters. The zero-order chi connectivity index (χ0) is 19.0. The molecular weight excluding hydrogens is 336 g/mol. The number of rotatable bonds is 4. The molecular formula is C24H22O3. The van der Waals surface area contributed by atoms with E-state index in [0.29, 0.717) is 11.1 Å². The van der Waals surface area contributed by atoms with E-state index in [-0.39, 0.29) is 5.63 Å². The summed E-state index contributed by atoms with van der Waals surface area (Å²) in [5.74, 6) is 0. The lowest BCUT2D eigenvalue weighted by molar-refractivity contribution is 0.558. The molecule has 4 aromatic rings. The molecule has 0 spiro atoms. The summed E-state index contributed by atoms with van der Waals surface area (Å²) in [6, 6.07) is 14.1. The predicted octanol–water partition coefficient (Wildman–Crippen LogP) is 6.19. The van der Waals surface area contributed by atoms with Gasteiger partial charge in [0.05, 0.1) is 11.8 Å². The first kappa shape index (κ1) is 17.3. The Balaban J connectivity index is 1.61. The number of para-hydroxylation sites is 1. The van der Waals surface area contributed by atoms with Crippen molar-refractivity contribution in [3.8, 4) is 0 Å². The van der Waals surface area contributed by atoms with Crippen LogP contribution in [0, 0.1) is 13.8 Å². The molecule has 3 nitrogen and oxygen atoms in total. The quantitative estimate of drug-likeness (QED) is 0.408. The van der Waals surface area contributed by atoms with Gasteiger partial charge in [0, 0.05) is 10.8 Å². The van der Waals surface area contributed by atoms with Crippen LogP contribution in [0.1, 0.15) is 35.6 Å². The molecule has 0 saturated heterocycles. The van der Waals surface area contributed by atoms with Crippen LogP contribution in [0.2, 0.25) is 0 Å². The van der Waals surface area contributed by atoms with E-state index >= 15 is 0 Å². The number of hydrogen-bond acceptors (Lipinski definition) is 3. The lowest BCUT2D eigenvalue weighted by Gasteiger charge is -2.06. The summed E-state index contributed by atoms with van der Waals surface area (Å²) in [6.45, 7) is 6.05. The number of allylic oxidation sites excluding steroid dienone is 2. The van der Waals surface area contributed by atoms with Crippen LogP contribution in [0.25, 0.3) is 27.5 Å². The molecule has 27 heavy (non-hydrogen) atoms. The Morgan fingerprint density at radius 2 is 1.85 bits per heavy atom. The number of furan rings is 1. The Bertz CT molecular complexity index is 1220. The smallest absolute Gasteiger partial charge is 0.343 e. The van der Waals surface area contributed by atoms with Gasteiger partial charge in [-0.25, -0.2) is 4.79 Å². The predicted molar refractivity (Wildman–Crippen MR) is 110 cm³/mol. The first-order chi connectivity index (χ1) is 13.0. The van der Waals surface area contributed by atoms with Gasteiger partial charge in [-0.05, 0) is 80.1 Å². The van der Waals surface area contributed by atoms with Crippen molar-refractivity contribution in [2.75, 3.05) is 0 Å². The third-order valence-corrected chi connectivity index (χ3v) is 5.20. The van der Waals surface area contributed by atoms with E-state index in [0.717, 1.165) is 40.3 Å². The first-order valence-corrected chi connectivity index (χ1v) is 9.20. The summed E-state index contributed by atoms with van der Waals surface area (Å²) >= 11 is 0. The topological polar surface area (TPSA) is 43.4 Å². The number of benzene rings is 2. The van der Waals surface area contributed by atoms with E-state index in [1.54, 1.807) is 6.26 Å². The molecule has 3 heteroatoms. The van der Waals surface area contributed by atoms with E-state index < -0.39 is 0 Å². The van der Waals surface area contributed by atoms with Crippen LogP contribution in [0.5, 0.6) is 0 Å². The molecule has 0 aliphatic rings. The third-order valence-electron chi connectivity index (χ3n) is 5.20. The van der Waals surface area contributed by atoms with Crippen molar-refractivity contribution in [2.24, 2.45) is 0 Å². The van der Waals surface area contributed by atoms with Crippen LogP contribution in [-0.2, 0) is 6.42 Å². The maximum absolute atomic E-state index is 12.4. The normalized spacial score (nSPS) is 12.2. The van der Waals surface area contributed by atoms with Crippen molar-refractivity contribution in [2.45, 2.75) is 33.6 Å². The molecule has 0 aliphatic carbocycles. The molecule has 0 amide bonds. The maximum atomic E-state index is 12.4. The summed E-state index contributed by atoms with van der Waals surface area (Å²) in [5.41, 5.74) is 6.36. The largest absolute Gasteiger partial charge is 0.464 e. The summed E-state index contributed by atoms with van der Waals surface area (Å²) in [6.07, 6.45) is 5.51. The van der Waals surface area contributed by atoms with E-state index in [4.69, 9.17) is 8.83 Å². The van der Waals surface area contributed by atoms with E-state index in [2.05, 4.69) is 25.1 Å². The fourth-order valence-corrected chi connectivity index (χ4v) is 3.46. The second-order valence-corrected chi connectivity index (χ2v) is 7.10. The van der Waals surface area contributed by atoms with E-state index in [9.17, 15) is 4.79 Å². The van der Waals surface area contributed by atoms with Gasteiger partial charge in [0.1, 0.15) is 11.2 Å². The Morgan fingerprint density at radius 3 is 2.70 bits per heavy atom. The second kappa shape index (κ2) is 6.92. The fourth-order valence-electron chi connectivity index (χ4n) is 3.46. The van der Waals surface area contributed by atoms with Crippen LogP contribution < -0.4 is 5.63 Å². The van der Waals surface area contributed by atoms with Crippen LogP contribution in [-0.4, -0.2) is 0 Å². The Kier molecular flexibility index (Phi) is 4.44. The van der Waals surface area contributed by atoms with Gasteiger partial charge in [0.2, 0.25) is 0 Å². The molecule has 136 valence electrons. The fraction of sp³-hybridized carbons (Fsp3) is 0.208. The highest BCUT2D eigenvalue weighted by molar-refractivity contribution is 5.82. The number of fused-ring (bicyclic) bond motifs is 2. The van der Waals surface area contributed by atoms with Gasteiger partial charge in [0.15, 0.2) is 0 Å². The van der Waals surface area contributed by atoms with Crippen molar-refractivity contribution >= 4 is 27.5 Å². The molecule has 2 aromatic carbocycles. The average Bonchev–Trinajstić information content (AvgIpc) is 3.12. The summed E-state index contributed by atoms with van der Waals surface area (Å²) in [5, 5.41) is 2.08. The van der Waals surface area contributed by atoms with E-state index in [1.165, 1.54) is 11.1 Å². The minimum Gasteiger partial charge on any atom is -0.464 e. The highest BCUT2D eigenvalue weighted by Crippen LogP contribution is 2.23. The van der Waals surface area contributed by atoms with Crippen molar-refractivity contribution in [1.82, 2.24) is 0 Å². The van der Waals surface area contributed by atoms with Crippen molar-refractivity contribution < 1.29 is 8.83 Å². The monoisotopic (exact) mass is 358 g/mol. The molecule has 0 saturated carbocycles. The molecule has 0 radical (unpaired) electrons. The van der Waals surface area contributed by atoms with Crippen LogP contribution in [0.3, 0.4) is 0 Å². The minimum absolute atomic E-state index is 0.285. The molecule has 0 bridgehead atoms. The van der Waals surface area contributed by atoms with Gasteiger partial charge in [-0.2, -0.15) is 0 Å². The number of hydrogen-bond donors (Lipinski definition) is 0. The average molecular weight is 358 g/mol. The van der Waals surface area contributed by atoms with Crippen LogP contribution in [0.15, 0.2) is 68.4 Å². The highest BCUT2D eigenvalue weighted by atomic mass is 16.4. The van der Waals surface area contributed by atoms with E-state index in [1.807, 2.05) is 44.2 Å². The molecule has 2 heterocycles. The Morgan fingerprint density at radius 1 is 1.04 bits per heavy atom. The first-order valence-electron chi connectivity index (χ1n) is 9.20. The lowest BCUT2D eigenvalue weighted by atomic mass is 10.0. The molecule has 0 N–H and O–H groups in total. The van der Waals surface area contributed by atoms with Gasteiger partial charge in [-0.15, -0.1) is 0 Å². The summed E-state index contributed by atoms with van der Waals surface area (Å²) < 4.78 is 11.1. The van der Waals surface area contributed by atoms with Gasteiger partial charge >= 0.3 is 5.63 Å². The summed E-state index contributed by atoms with van der Waals surface area (Å²) in [4.78, 5) is 12.4. The highest BCUT2D eigenvalue weighted by Gasteiger charge is 2.09. The molecule has 0 aliphatic heterocycles. The molecule has 4 rings (SSSR count). The minimum atomic E-state index is -0.285. The second-order valence-electron chi connectivity index (χ2n) is 7.10. The lowest BCUT2D eigenvalue weighted by Crippen LogP contribution is -2.05. The zero-order valence-electron chi connectivity index (χ0n) is 15.8. The maximum Gasteiger partial charge on any atom is 0.343 e. The van der Waals surface area contributed by atoms with Crippen LogP contribution >= 0.6 is 0 Å². The van der Waals surface area contributed by atoms with Crippen molar-refractivity contribution in [3.63, 3.8) is 0 Å². The zero-order valence-corrected chi connectivity index (χ0v) is 15.8. The van der Waals surface area contributed by atoms with Crippen molar-refractivity contribution in [1.29, 1.82) is 0 Å². The molecule has 0 fully saturated rings. The molecule has 2 aromatic heterocycles.